The summed E-state index contributed by atoms with van der Waals surface area (Å²) in [6.45, 7) is 7.01. The first-order valence-corrected chi connectivity index (χ1v) is 6.00. The topological polar surface area (TPSA) is 59.8 Å². The number of rotatable bonds is 3. The third-order valence-electron chi connectivity index (χ3n) is 2.81. The number of aromatic nitrogens is 3. The van der Waals surface area contributed by atoms with Crippen molar-refractivity contribution in [3.63, 3.8) is 0 Å². The van der Waals surface area contributed by atoms with Crippen LogP contribution in [0, 0.1) is 6.92 Å². The van der Waals surface area contributed by atoms with E-state index in [4.69, 9.17) is 7.85 Å². The van der Waals surface area contributed by atoms with Crippen LogP contribution in [0.2, 0.25) is 0 Å². The van der Waals surface area contributed by atoms with E-state index in [0.29, 0.717) is 18.1 Å². The molecule has 2 aromatic heterocycles. The molecule has 0 aliphatic rings. The Balaban J connectivity index is 2.84. The minimum absolute atomic E-state index is 0.203. The Morgan fingerprint density at radius 3 is 2.72 bits per heavy atom. The summed E-state index contributed by atoms with van der Waals surface area (Å²) in [4.78, 5) is 20.7. The number of nitrogens with zero attached hydrogens (tertiary/aromatic N) is 3. The Hall–Kier alpha value is -1.85. The van der Waals surface area contributed by atoms with Gasteiger partial charge in [-0.2, -0.15) is 4.98 Å². The molecule has 2 aromatic rings. The van der Waals surface area contributed by atoms with Crippen LogP contribution in [0.15, 0.2) is 10.9 Å². The summed E-state index contributed by atoms with van der Waals surface area (Å²) in [7, 11) is 5.72. The number of aryl methyl sites for hydroxylation is 2. The zero-order valence-corrected chi connectivity index (χ0v) is 10.8. The van der Waals surface area contributed by atoms with Crippen molar-refractivity contribution in [1.29, 1.82) is 0 Å². The summed E-state index contributed by atoms with van der Waals surface area (Å²) in [6.07, 6.45) is 0. The molecule has 5 nitrogen and oxygen atoms in total. The number of hydrogen-bond acceptors (Lipinski definition) is 4. The Bertz CT molecular complexity index is 651. The van der Waals surface area contributed by atoms with Crippen molar-refractivity contribution in [2.75, 3.05) is 11.9 Å². The quantitative estimate of drug-likeness (QED) is 0.789. The van der Waals surface area contributed by atoms with Crippen molar-refractivity contribution in [2.24, 2.45) is 0 Å². The summed E-state index contributed by atoms with van der Waals surface area (Å²) in [5.41, 5.74) is 1.46. The molecular weight excluding hydrogens is 227 g/mol. The molecule has 1 N–H and O–H groups in total. The van der Waals surface area contributed by atoms with E-state index >= 15 is 0 Å². The molecule has 92 valence electrons. The average molecular weight is 242 g/mol. The second-order valence-corrected chi connectivity index (χ2v) is 4.05. The zero-order chi connectivity index (χ0) is 13.3. The lowest BCUT2D eigenvalue weighted by Gasteiger charge is -2.12. The fourth-order valence-corrected chi connectivity index (χ4v) is 1.94. The maximum atomic E-state index is 12.0. The van der Waals surface area contributed by atoms with E-state index < -0.39 is 0 Å². The monoisotopic (exact) mass is 242 g/mol. The van der Waals surface area contributed by atoms with E-state index in [2.05, 4.69) is 15.3 Å². The van der Waals surface area contributed by atoms with Crippen LogP contribution in [0.25, 0.3) is 11.0 Å². The van der Waals surface area contributed by atoms with Gasteiger partial charge in [-0.05, 0) is 26.2 Å². The van der Waals surface area contributed by atoms with Crippen molar-refractivity contribution < 1.29 is 0 Å². The Labute approximate surface area is 107 Å². The van der Waals surface area contributed by atoms with Gasteiger partial charge >= 0.3 is 0 Å². The fraction of sp³-hybridized carbons (Fsp3) is 0.417. The molecule has 18 heavy (non-hydrogen) atoms. The minimum atomic E-state index is -0.203. The van der Waals surface area contributed by atoms with Crippen molar-refractivity contribution >= 4 is 30.3 Å². The van der Waals surface area contributed by atoms with Gasteiger partial charge in [0.25, 0.3) is 0 Å². The van der Waals surface area contributed by atoms with E-state index in [1.54, 1.807) is 10.6 Å². The van der Waals surface area contributed by atoms with Gasteiger partial charge in [0, 0.05) is 18.5 Å². The van der Waals surface area contributed by atoms with Crippen LogP contribution in [0.1, 0.15) is 19.5 Å². The molecule has 0 aliphatic heterocycles. The van der Waals surface area contributed by atoms with Gasteiger partial charge in [0.2, 0.25) is 11.5 Å². The molecule has 0 fully saturated rings. The van der Waals surface area contributed by atoms with Crippen LogP contribution in [0.4, 0.5) is 5.95 Å². The summed E-state index contributed by atoms with van der Waals surface area (Å²) < 4.78 is 1.57. The Kier molecular flexibility index (Phi) is 3.36. The minimum Gasteiger partial charge on any atom is -0.354 e. The van der Waals surface area contributed by atoms with Crippen molar-refractivity contribution in [3.05, 3.63) is 22.1 Å². The molecule has 6 heteroatoms. The van der Waals surface area contributed by atoms with Crippen LogP contribution >= 0.6 is 0 Å². The van der Waals surface area contributed by atoms with Gasteiger partial charge in [0.1, 0.15) is 13.5 Å². The molecule has 0 unspecified atom stereocenters. The van der Waals surface area contributed by atoms with E-state index in [1.807, 2.05) is 20.8 Å². The molecule has 2 rings (SSSR count). The molecule has 0 spiro atoms. The van der Waals surface area contributed by atoms with Crippen LogP contribution < -0.4 is 16.3 Å². The molecule has 0 bridgehead atoms. The van der Waals surface area contributed by atoms with Gasteiger partial charge in [0.15, 0.2) is 0 Å². The molecular formula is C12H15BN4O. The molecule has 0 amide bonds. The van der Waals surface area contributed by atoms with Crippen molar-refractivity contribution in [3.8, 4) is 0 Å². The van der Waals surface area contributed by atoms with Gasteiger partial charge in [-0.1, -0.05) is 6.07 Å². The maximum absolute atomic E-state index is 12.0. The first-order chi connectivity index (χ1) is 8.58. The summed E-state index contributed by atoms with van der Waals surface area (Å²) >= 11 is 0. The van der Waals surface area contributed by atoms with E-state index in [1.165, 1.54) is 0 Å². The summed E-state index contributed by atoms with van der Waals surface area (Å²) in [6, 6.07) is 1.65. The Morgan fingerprint density at radius 2 is 2.11 bits per heavy atom. The molecule has 0 aliphatic carbocycles. The highest BCUT2D eigenvalue weighted by Gasteiger charge is 2.10. The van der Waals surface area contributed by atoms with Gasteiger partial charge in [-0.3, -0.25) is 9.36 Å². The fourth-order valence-electron chi connectivity index (χ4n) is 1.94. The van der Waals surface area contributed by atoms with E-state index in [-0.39, 0.29) is 11.0 Å². The first kappa shape index (κ1) is 12.6. The highest BCUT2D eigenvalue weighted by atomic mass is 16.1. The third kappa shape index (κ3) is 1.98. The van der Waals surface area contributed by atoms with Crippen molar-refractivity contribution in [1.82, 2.24) is 14.5 Å². The lowest BCUT2D eigenvalue weighted by molar-refractivity contribution is 0.752. The highest BCUT2D eigenvalue weighted by molar-refractivity contribution is 6.32. The second-order valence-electron chi connectivity index (χ2n) is 4.05. The normalized spacial score (nSPS) is 10.8. The van der Waals surface area contributed by atoms with Crippen LogP contribution in [0.3, 0.4) is 0 Å². The first-order valence-electron chi connectivity index (χ1n) is 6.00. The van der Waals surface area contributed by atoms with Crippen molar-refractivity contribution in [2.45, 2.75) is 27.3 Å². The van der Waals surface area contributed by atoms with E-state index in [9.17, 15) is 4.79 Å². The average Bonchev–Trinajstić information content (AvgIpc) is 2.33. The smallest absolute Gasteiger partial charge is 0.245 e. The van der Waals surface area contributed by atoms with Crippen LogP contribution in [-0.2, 0) is 6.54 Å². The number of hydrogen-bond donors (Lipinski definition) is 1. The Morgan fingerprint density at radius 1 is 1.39 bits per heavy atom. The summed E-state index contributed by atoms with van der Waals surface area (Å²) in [5.74, 6) is 0.536. The van der Waals surface area contributed by atoms with Gasteiger partial charge in [-0.15, -0.1) is 0 Å². The standard InChI is InChI=1S/C12H15BN4O/c1-4-14-12-15-7(3)8-6-9(13)11(18)17(5-2)10(8)16-12/h6H,4-5H2,1-3H3,(H,14,15,16). The van der Waals surface area contributed by atoms with Gasteiger partial charge < -0.3 is 5.32 Å². The predicted molar refractivity (Wildman–Crippen MR) is 73.8 cm³/mol. The molecule has 2 heterocycles. The van der Waals surface area contributed by atoms with Gasteiger partial charge in [0.05, 0.1) is 5.69 Å². The van der Waals surface area contributed by atoms with Crippen LogP contribution in [-0.4, -0.2) is 28.9 Å². The molecule has 0 saturated heterocycles. The van der Waals surface area contributed by atoms with Crippen LogP contribution in [0.5, 0.6) is 0 Å². The SMILES string of the molecule is [B]c1cc2c(C)nc(NCC)nc2n(CC)c1=O. The second kappa shape index (κ2) is 4.80. The third-order valence-corrected chi connectivity index (χ3v) is 2.81. The lowest BCUT2D eigenvalue weighted by atomic mass is 9.96. The predicted octanol–water partition coefficient (Wildman–Crippen LogP) is 0.345. The number of fused-ring (bicyclic) bond motifs is 1. The summed E-state index contributed by atoms with van der Waals surface area (Å²) in [5, 5.41) is 3.87. The van der Waals surface area contributed by atoms with Gasteiger partial charge in [-0.25, -0.2) is 4.98 Å². The molecule has 2 radical (unpaired) electrons. The molecule has 0 saturated carbocycles. The van der Waals surface area contributed by atoms with E-state index in [0.717, 1.165) is 17.6 Å². The number of anilines is 1. The number of pyridine rings is 1. The zero-order valence-electron chi connectivity index (χ0n) is 10.8. The molecule has 0 atom stereocenters. The lowest BCUT2D eigenvalue weighted by Crippen LogP contribution is -2.34. The largest absolute Gasteiger partial charge is 0.354 e. The number of nitrogens with one attached hydrogen (secondary N) is 1. The highest BCUT2D eigenvalue weighted by Crippen LogP contribution is 2.14. The maximum Gasteiger partial charge on any atom is 0.245 e. The molecule has 0 aromatic carbocycles.